The van der Waals surface area contributed by atoms with Gasteiger partial charge >= 0.3 is 0 Å². The van der Waals surface area contributed by atoms with Crippen LogP contribution in [0.1, 0.15) is 34.0 Å². The molecular weight excluding hydrogens is 256 g/mol. The first-order chi connectivity index (χ1) is 8.04. The summed E-state index contributed by atoms with van der Waals surface area (Å²) >= 11 is 7.68. The van der Waals surface area contributed by atoms with Gasteiger partial charge in [0, 0.05) is 16.3 Å². The highest BCUT2D eigenvalue weighted by molar-refractivity contribution is 7.12. The molecule has 3 nitrogen and oxygen atoms in total. The molecule has 0 aliphatic rings. The summed E-state index contributed by atoms with van der Waals surface area (Å²) in [6.07, 6.45) is 0.888. The van der Waals surface area contributed by atoms with Crippen LogP contribution < -0.4 is 0 Å². The van der Waals surface area contributed by atoms with Crippen LogP contribution in [-0.2, 0) is 6.54 Å². The molecule has 0 radical (unpaired) electrons. The molecule has 2 rings (SSSR count). The van der Waals surface area contributed by atoms with E-state index in [1.165, 1.54) is 10.4 Å². The summed E-state index contributed by atoms with van der Waals surface area (Å²) in [6, 6.07) is 2.01. The highest BCUT2D eigenvalue weighted by Crippen LogP contribution is 2.33. The average molecular weight is 271 g/mol. The predicted molar refractivity (Wildman–Crippen MR) is 70.8 cm³/mol. The Balaban J connectivity index is 2.42. The van der Waals surface area contributed by atoms with E-state index >= 15 is 0 Å². The molecule has 2 heterocycles. The van der Waals surface area contributed by atoms with Crippen LogP contribution in [0.4, 0.5) is 0 Å². The van der Waals surface area contributed by atoms with Crippen LogP contribution in [0.3, 0.4) is 0 Å². The maximum absolute atomic E-state index is 10.4. The van der Waals surface area contributed by atoms with Crippen molar-refractivity contribution >= 4 is 22.9 Å². The van der Waals surface area contributed by atoms with E-state index in [1.54, 1.807) is 22.2 Å². The van der Waals surface area contributed by atoms with Crippen molar-refractivity contribution in [2.45, 2.75) is 33.4 Å². The molecule has 0 aromatic carbocycles. The third-order valence-corrected chi connectivity index (χ3v) is 4.34. The fourth-order valence-electron chi connectivity index (χ4n) is 1.77. The monoisotopic (exact) mass is 270 g/mol. The van der Waals surface area contributed by atoms with Crippen LogP contribution in [0.15, 0.2) is 12.3 Å². The van der Waals surface area contributed by atoms with Gasteiger partial charge in [0.05, 0.1) is 16.9 Å². The lowest BCUT2D eigenvalue weighted by Gasteiger charge is -2.11. The van der Waals surface area contributed by atoms with Crippen LogP contribution in [0.25, 0.3) is 0 Å². The lowest BCUT2D eigenvalue weighted by molar-refractivity contribution is 0.212. The Labute approximate surface area is 110 Å². The molecule has 0 amide bonds. The number of hydrogen-bond donors (Lipinski definition) is 1. The number of aliphatic hydroxyl groups excluding tert-OH is 1. The number of halogens is 1. The summed E-state index contributed by atoms with van der Waals surface area (Å²) in [4.78, 5) is 2.13. The standard InChI is InChI=1S/C12H15ClN2OS/c1-4-15-11(9(13)6-14-15)12(16)10-5-7(2)8(3)17-10/h5-6,12,16H,4H2,1-3H3. The predicted octanol–water partition coefficient (Wildman–Crippen LogP) is 3.32. The van der Waals surface area contributed by atoms with Crippen molar-refractivity contribution in [3.8, 4) is 0 Å². The zero-order chi connectivity index (χ0) is 12.6. The van der Waals surface area contributed by atoms with Crippen molar-refractivity contribution in [1.82, 2.24) is 9.78 Å². The Morgan fingerprint density at radius 3 is 2.76 bits per heavy atom. The number of thiophene rings is 1. The fourth-order valence-corrected chi connectivity index (χ4v) is 3.04. The average Bonchev–Trinajstić information content (AvgIpc) is 2.82. The van der Waals surface area contributed by atoms with Gasteiger partial charge in [0.1, 0.15) is 6.10 Å². The van der Waals surface area contributed by atoms with Crippen LogP contribution in [0, 0.1) is 13.8 Å². The number of hydrogen-bond acceptors (Lipinski definition) is 3. The lowest BCUT2D eigenvalue weighted by atomic mass is 10.2. The van der Waals surface area contributed by atoms with E-state index < -0.39 is 6.10 Å². The van der Waals surface area contributed by atoms with Gasteiger partial charge in [-0.3, -0.25) is 4.68 Å². The van der Waals surface area contributed by atoms with Gasteiger partial charge < -0.3 is 5.11 Å². The molecule has 0 fully saturated rings. The number of rotatable bonds is 3. The Morgan fingerprint density at radius 2 is 2.24 bits per heavy atom. The first kappa shape index (κ1) is 12.6. The minimum absolute atomic E-state index is 0.517. The van der Waals surface area contributed by atoms with Crippen molar-refractivity contribution in [3.05, 3.63) is 38.3 Å². The molecule has 0 aliphatic heterocycles. The third kappa shape index (κ3) is 2.25. The molecule has 0 saturated heterocycles. The fraction of sp³-hybridized carbons (Fsp3) is 0.417. The summed E-state index contributed by atoms with van der Waals surface area (Å²) in [7, 11) is 0. The molecule has 0 bridgehead atoms. The minimum Gasteiger partial charge on any atom is -0.381 e. The number of aryl methyl sites for hydroxylation is 3. The van der Waals surface area contributed by atoms with Crippen molar-refractivity contribution in [2.24, 2.45) is 0 Å². The molecule has 0 spiro atoms. The highest BCUT2D eigenvalue weighted by Gasteiger charge is 2.21. The smallest absolute Gasteiger partial charge is 0.131 e. The van der Waals surface area contributed by atoms with E-state index in [9.17, 15) is 5.11 Å². The Kier molecular flexibility index (Phi) is 3.56. The zero-order valence-corrected chi connectivity index (χ0v) is 11.6. The number of aromatic nitrogens is 2. The zero-order valence-electron chi connectivity index (χ0n) is 10.1. The van der Waals surface area contributed by atoms with Crippen molar-refractivity contribution in [2.75, 3.05) is 0 Å². The first-order valence-corrected chi connectivity index (χ1v) is 6.70. The van der Waals surface area contributed by atoms with E-state index in [1.807, 2.05) is 19.9 Å². The van der Waals surface area contributed by atoms with Crippen molar-refractivity contribution < 1.29 is 5.11 Å². The molecule has 17 heavy (non-hydrogen) atoms. The van der Waals surface area contributed by atoms with Crippen LogP contribution in [0.2, 0.25) is 5.02 Å². The van der Waals surface area contributed by atoms with Gasteiger partial charge in [0.2, 0.25) is 0 Å². The summed E-state index contributed by atoms with van der Waals surface area (Å²) < 4.78 is 1.73. The van der Waals surface area contributed by atoms with Crippen molar-refractivity contribution in [3.63, 3.8) is 0 Å². The normalized spacial score (nSPS) is 13.0. The van der Waals surface area contributed by atoms with E-state index in [4.69, 9.17) is 11.6 Å². The Morgan fingerprint density at radius 1 is 1.53 bits per heavy atom. The molecule has 0 saturated carbocycles. The number of aliphatic hydroxyl groups is 1. The van der Waals surface area contributed by atoms with Crippen molar-refractivity contribution in [1.29, 1.82) is 0 Å². The van der Waals surface area contributed by atoms with Crippen LogP contribution in [0.5, 0.6) is 0 Å². The molecule has 1 N–H and O–H groups in total. The highest BCUT2D eigenvalue weighted by atomic mass is 35.5. The Bertz CT molecular complexity index is 513. The van der Waals surface area contributed by atoms with Gasteiger partial charge in [-0.25, -0.2) is 0 Å². The van der Waals surface area contributed by atoms with Gasteiger partial charge in [-0.1, -0.05) is 11.6 Å². The molecule has 2 aromatic heterocycles. The molecule has 2 aromatic rings. The SMILES string of the molecule is CCn1ncc(Cl)c1C(O)c1cc(C)c(C)s1. The van der Waals surface area contributed by atoms with Gasteiger partial charge in [0.15, 0.2) is 0 Å². The van der Waals surface area contributed by atoms with Gasteiger partial charge in [-0.15, -0.1) is 11.3 Å². The largest absolute Gasteiger partial charge is 0.381 e. The third-order valence-electron chi connectivity index (χ3n) is 2.85. The molecule has 1 unspecified atom stereocenters. The molecule has 1 atom stereocenters. The molecular formula is C12H15ClN2OS. The Hall–Kier alpha value is -0.840. The maximum atomic E-state index is 10.4. The minimum atomic E-state index is -0.692. The maximum Gasteiger partial charge on any atom is 0.131 e. The summed E-state index contributed by atoms with van der Waals surface area (Å²) in [5, 5.41) is 15.0. The van der Waals surface area contributed by atoms with Gasteiger partial charge in [-0.2, -0.15) is 5.10 Å². The molecule has 92 valence electrons. The molecule has 5 heteroatoms. The van der Waals surface area contributed by atoms with Gasteiger partial charge in [0.25, 0.3) is 0 Å². The second-order valence-electron chi connectivity index (χ2n) is 3.98. The summed E-state index contributed by atoms with van der Waals surface area (Å²) in [5.74, 6) is 0. The second kappa shape index (κ2) is 4.80. The van der Waals surface area contributed by atoms with E-state index in [0.717, 1.165) is 4.88 Å². The topological polar surface area (TPSA) is 38.0 Å². The number of nitrogens with zero attached hydrogens (tertiary/aromatic N) is 2. The quantitative estimate of drug-likeness (QED) is 0.929. The van der Waals surface area contributed by atoms with Crippen LogP contribution in [-0.4, -0.2) is 14.9 Å². The lowest BCUT2D eigenvalue weighted by Crippen LogP contribution is -2.08. The van der Waals surface area contributed by atoms with Gasteiger partial charge in [-0.05, 0) is 32.4 Å². The van der Waals surface area contributed by atoms with E-state index in [-0.39, 0.29) is 0 Å². The van der Waals surface area contributed by atoms with E-state index in [2.05, 4.69) is 12.0 Å². The van der Waals surface area contributed by atoms with Crippen LogP contribution >= 0.6 is 22.9 Å². The first-order valence-electron chi connectivity index (χ1n) is 5.50. The molecule has 0 aliphatic carbocycles. The summed E-state index contributed by atoms with van der Waals surface area (Å²) in [5.41, 5.74) is 1.87. The van der Waals surface area contributed by atoms with E-state index in [0.29, 0.717) is 17.3 Å². The summed E-state index contributed by atoms with van der Waals surface area (Å²) in [6.45, 7) is 6.77. The second-order valence-corrected chi connectivity index (χ2v) is 5.68.